The van der Waals surface area contributed by atoms with E-state index in [1.807, 2.05) is 36.4 Å². The molecule has 0 saturated carbocycles. The summed E-state index contributed by atoms with van der Waals surface area (Å²) in [5.74, 6) is -0.328. The second kappa shape index (κ2) is 6.17. The number of benzene rings is 1. The van der Waals surface area contributed by atoms with Gasteiger partial charge in [0, 0.05) is 18.9 Å². The van der Waals surface area contributed by atoms with Crippen molar-refractivity contribution >= 4 is 12.0 Å². The van der Waals surface area contributed by atoms with Crippen molar-refractivity contribution in [3.8, 4) is 0 Å². The van der Waals surface area contributed by atoms with Gasteiger partial charge in [-0.05, 0) is 5.56 Å². The molecule has 2 rings (SSSR count). The molecule has 0 aromatic heterocycles. The van der Waals surface area contributed by atoms with Gasteiger partial charge in [0.05, 0.1) is 6.10 Å². The molecule has 1 aliphatic heterocycles. The number of cyclic esters (lactones) is 1. The number of hydrogen-bond acceptors (Lipinski definition) is 3. The lowest BCUT2D eigenvalue weighted by atomic mass is 10.1. The van der Waals surface area contributed by atoms with E-state index < -0.39 is 6.10 Å². The smallest absolute Gasteiger partial charge is 0.330 e. The first kappa shape index (κ1) is 12.6. The lowest BCUT2D eigenvalue weighted by Gasteiger charge is -2.20. The van der Waals surface area contributed by atoms with Crippen LogP contribution >= 0.6 is 0 Å². The summed E-state index contributed by atoms with van der Waals surface area (Å²) in [4.78, 5) is 11.0. The normalized spacial score (nSPS) is 20.9. The Morgan fingerprint density at radius 3 is 2.89 bits per heavy atom. The highest BCUT2D eigenvalue weighted by Gasteiger charge is 2.18. The Labute approximate surface area is 106 Å². The SMILES string of the molecule is O=C1C=CCC(CC(O)C=Cc2ccccc2)O1. The zero-order valence-corrected chi connectivity index (χ0v) is 10.0. The Hall–Kier alpha value is -1.87. The van der Waals surface area contributed by atoms with Crippen molar-refractivity contribution in [3.05, 3.63) is 54.1 Å². The fourth-order valence-corrected chi connectivity index (χ4v) is 1.85. The largest absolute Gasteiger partial charge is 0.459 e. The van der Waals surface area contributed by atoms with Crippen LogP contribution in [-0.2, 0) is 9.53 Å². The van der Waals surface area contributed by atoms with Gasteiger partial charge in [0.2, 0.25) is 0 Å². The molecule has 94 valence electrons. The van der Waals surface area contributed by atoms with Crippen molar-refractivity contribution in [1.29, 1.82) is 0 Å². The topological polar surface area (TPSA) is 46.5 Å². The van der Waals surface area contributed by atoms with Crippen molar-refractivity contribution < 1.29 is 14.6 Å². The minimum atomic E-state index is -0.602. The van der Waals surface area contributed by atoms with Crippen molar-refractivity contribution in [2.24, 2.45) is 0 Å². The summed E-state index contributed by atoms with van der Waals surface area (Å²) in [5.41, 5.74) is 1.04. The molecule has 1 aromatic rings. The molecule has 0 amide bonds. The molecule has 1 aliphatic rings. The summed E-state index contributed by atoms with van der Waals surface area (Å²) in [6.07, 6.45) is 7.06. The van der Waals surface area contributed by atoms with E-state index in [2.05, 4.69) is 0 Å². The maximum Gasteiger partial charge on any atom is 0.330 e. The number of aliphatic hydroxyl groups excluding tert-OH is 1. The van der Waals surface area contributed by atoms with Crippen molar-refractivity contribution in [3.63, 3.8) is 0 Å². The molecule has 3 heteroatoms. The molecule has 3 nitrogen and oxygen atoms in total. The first-order valence-electron chi connectivity index (χ1n) is 6.02. The van der Waals surface area contributed by atoms with Crippen LogP contribution in [0.4, 0.5) is 0 Å². The standard InChI is InChI=1S/C15H16O3/c16-13(10-9-12-5-2-1-3-6-12)11-14-7-4-8-15(17)18-14/h1-6,8-10,13-14,16H,7,11H2. The van der Waals surface area contributed by atoms with Crippen LogP contribution in [0.3, 0.4) is 0 Å². The van der Waals surface area contributed by atoms with Gasteiger partial charge in [-0.2, -0.15) is 0 Å². The van der Waals surface area contributed by atoms with E-state index in [1.54, 1.807) is 12.2 Å². The van der Waals surface area contributed by atoms with Gasteiger partial charge in [-0.3, -0.25) is 0 Å². The van der Waals surface area contributed by atoms with Gasteiger partial charge in [-0.15, -0.1) is 0 Å². The predicted octanol–water partition coefficient (Wildman–Crippen LogP) is 2.32. The maximum atomic E-state index is 11.0. The third-order valence-electron chi connectivity index (χ3n) is 2.75. The Kier molecular flexibility index (Phi) is 4.31. The second-order valence-electron chi connectivity index (χ2n) is 4.27. The Morgan fingerprint density at radius 2 is 2.17 bits per heavy atom. The number of aliphatic hydroxyl groups is 1. The molecule has 0 saturated heterocycles. The molecule has 0 fully saturated rings. The van der Waals surface area contributed by atoms with Gasteiger partial charge < -0.3 is 9.84 Å². The molecular formula is C15H16O3. The predicted molar refractivity (Wildman–Crippen MR) is 69.7 cm³/mol. The highest BCUT2D eigenvalue weighted by molar-refractivity contribution is 5.82. The summed E-state index contributed by atoms with van der Waals surface area (Å²) >= 11 is 0. The Morgan fingerprint density at radius 1 is 1.39 bits per heavy atom. The molecule has 0 radical (unpaired) electrons. The minimum absolute atomic E-state index is 0.224. The van der Waals surface area contributed by atoms with Gasteiger partial charge in [0.15, 0.2) is 0 Å². The molecule has 1 heterocycles. The minimum Gasteiger partial charge on any atom is -0.459 e. The van der Waals surface area contributed by atoms with E-state index in [4.69, 9.17) is 4.74 Å². The van der Waals surface area contributed by atoms with Crippen LogP contribution in [0, 0.1) is 0 Å². The number of esters is 1. The molecule has 2 unspecified atom stereocenters. The average Bonchev–Trinajstić information content (AvgIpc) is 2.38. The summed E-state index contributed by atoms with van der Waals surface area (Å²) in [6, 6.07) is 9.76. The molecule has 0 aliphatic carbocycles. The third kappa shape index (κ3) is 3.86. The number of rotatable bonds is 4. The van der Waals surface area contributed by atoms with Crippen molar-refractivity contribution in [2.45, 2.75) is 25.0 Å². The molecule has 0 spiro atoms. The molecule has 0 bridgehead atoms. The quantitative estimate of drug-likeness (QED) is 0.827. The number of ether oxygens (including phenoxy) is 1. The van der Waals surface area contributed by atoms with E-state index in [0.29, 0.717) is 12.8 Å². The first-order chi connectivity index (χ1) is 8.74. The van der Waals surface area contributed by atoms with E-state index in [0.717, 1.165) is 5.56 Å². The van der Waals surface area contributed by atoms with Gasteiger partial charge in [-0.1, -0.05) is 48.6 Å². The van der Waals surface area contributed by atoms with Crippen LogP contribution < -0.4 is 0 Å². The lowest BCUT2D eigenvalue weighted by molar-refractivity contribution is -0.145. The van der Waals surface area contributed by atoms with Gasteiger partial charge in [0.1, 0.15) is 6.10 Å². The van der Waals surface area contributed by atoms with E-state index in [9.17, 15) is 9.90 Å². The Bertz CT molecular complexity index is 448. The maximum absolute atomic E-state index is 11.0. The van der Waals surface area contributed by atoms with E-state index in [-0.39, 0.29) is 12.1 Å². The van der Waals surface area contributed by atoms with E-state index in [1.165, 1.54) is 6.08 Å². The van der Waals surface area contributed by atoms with Gasteiger partial charge in [0.25, 0.3) is 0 Å². The van der Waals surface area contributed by atoms with Crippen LogP contribution in [0.1, 0.15) is 18.4 Å². The number of hydrogen-bond donors (Lipinski definition) is 1. The highest BCUT2D eigenvalue weighted by atomic mass is 16.5. The van der Waals surface area contributed by atoms with Crippen LogP contribution in [0.25, 0.3) is 6.08 Å². The molecule has 1 aromatic carbocycles. The molecule has 2 atom stereocenters. The number of carbonyl (C=O) groups excluding carboxylic acids is 1. The third-order valence-corrected chi connectivity index (χ3v) is 2.75. The zero-order chi connectivity index (χ0) is 12.8. The van der Waals surface area contributed by atoms with Crippen molar-refractivity contribution in [1.82, 2.24) is 0 Å². The summed E-state index contributed by atoms with van der Waals surface area (Å²) in [6.45, 7) is 0. The van der Waals surface area contributed by atoms with Gasteiger partial charge in [-0.25, -0.2) is 4.79 Å². The summed E-state index contributed by atoms with van der Waals surface area (Å²) in [7, 11) is 0. The number of carbonyl (C=O) groups is 1. The summed E-state index contributed by atoms with van der Waals surface area (Å²) in [5, 5.41) is 9.85. The van der Waals surface area contributed by atoms with Crippen LogP contribution in [-0.4, -0.2) is 23.3 Å². The second-order valence-corrected chi connectivity index (χ2v) is 4.27. The van der Waals surface area contributed by atoms with Crippen LogP contribution in [0.5, 0.6) is 0 Å². The van der Waals surface area contributed by atoms with Crippen LogP contribution in [0.15, 0.2) is 48.6 Å². The molecular weight excluding hydrogens is 228 g/mol. The average molecular weight is 244 g/mol. The highest BCUT2D eigenvalue weighted by Crippen LogP contribution is 2.14. The summed E-state index contributed by atoms with van der Waals surface area (Å²) < 4.78 is 5.09. The van der Waals surface area contributed by atoms with E-state index >= 15 is 0 Å². The first-order valence-corrected chi connectivity index (χ1v) is 6.02. The van der Waals surface area contributed by atoms with Crippen molar-refractivity contribution in [2.75, 3.05) is 0 Å². The lowest BCUT2D eigenvalue weighted by Crippen LogP contribution is -2.24. The fraction of sp³-hybridized carbons (Fsp3) is 0.267. The Balaban J connectivity index is 1.85. The fourth-order valence-electron chi connectivity index (χ4n) is 1.85. The monoisotopic (exact) mass is 244 g/mol. The zero-order valence-electron chi connectivity index (χ0n) is 10.0. The molecule has 1 N–H and O–H groups in total. The molecule has 18 heavy (non-hydrogen) atoms. The van der Waals surface area contributed by atoms with Crippen LogP contribution in [0.2, 0.25) is 0 Å². The van der Waals surface area contributed by atoms with Gasteiger partial charge >= 0.3 is 5.97 Å².